The Balaban J connectivity index is 2.75. The van der Waals surface area contributed by atoms with Crippen molar-refractivity contribution in [1.82, 2.24) is 10.0 Å². The van der Waals surface area contributed by atoms with Crippen LogP contribution in [0.2, 0.25) is 0 Å². The van der Waals surface area contributed by atoms with Gasteiger partial charge >= 0.3 is 12.1 Å². The number of thiazole rings is 1. The summed E-state index contributed by atoms with van der Waals surface area (Å²) < 4.78 is 41.7. The van der Waals surface area contributed by atoms with Crippen LogP contribution in [0.5, 0.6) is 5.75 Å². The zero-order chi connectivity index (χ0) is 26.7. The van der Waals surface area contributed by atoms with Crippen molar-refractivity contribution in [2.24, 2.45) is 4.99 Å². The van der Waals surface area contributed by atoms with Gasteiger partial charge in [-0.2, -0.15) is 23.6 Å². The molecule has 35 heavy (non-hydrogen) atoms. The number of aromatic nitrogens is 1. The number of hydrogen-bond acceptors (Lipinski definition) is 5. The second-order valence-corrected chi connectivity index (χ2v) is 10.7. The zero-order valence-corrected chi connectivity index (χ0v) is 21.7. The molecule has 194 valence electrons. The molecule has 1 aromatic carbocycles. The van der Waals surface area contributed by atoms with Crippen molar-refractivity contribution in [2.75, 3.05) is 0 Å². The summed E-state index contributed by atoms with van der Waals surface area (Å²) in [5.74, 6) is -2.39. The topological polar surface area (TPSA) is 92.9 Å². The van der Waals surface area contributed by atoms with Gasteiger partial charge in [0, 0.05) is 16.5 Å². The van der Waals surface area contributed by atoms with E-state index in [1.165, 1.54) is 4.57 Å². The van der Waals surface area contributed by atoms with E-state index < -0.39 is 29.2 Å². The van der Waals surface area contributed by atoms with Crippen LogP contribution in [0, 0.1) is 0 Å². The van der Waals surface area contributed by atoms with Gasteiger partial charge in [-0.25, -0.2) is 4.79 Å². The number of rotatable bonds is 8. The highest BCUT2D eigenvalue weighted by Gasteiger charge is 2.33. The average Bonchev–Trinajstić information content (AvgIpc) is 3.11. The SMILES string of the molecule is CCCC(C)n1c(C(=O)O)c(C(C)C)sc1=NC(=O)c1cc(C(F)(F)F)ccc1ONC(C)(C)C. The molecule has 0 aliphatic carbocycles. The fourth-order valence-corrected chi connectivity index (χ4v) is 4.57. The van der Waals surface area contributed by atoms with Crippen LogP contribution < -0.4 is 15.1 Å². The van der Waals surface area contributed by atoms with E-state index in [0.717, 1.165) is 29.9 Å². The molecule has 1 amide bonds. The first-order chi connectivity index (χ1) is 16.1. The molecule has 0 aliphatic rings. The first-order valence-corrected chi connectivity index (χ1v) is 12.1. The predicted molar refractivity (Wildman–Crippen MR) is 128 cm³/mol. The predicted octanol–water partition coefficient (Wildman–Crippen LogP) is 6.17. The molecule has 0 radical (unpaired) electrons. The summed E-state index contributed by atoms with van der Waals surface area (Å²) in [6.45, 7) is 12.8. The molecule has 0 aliphatic heterocycles. The maximum absolute atomic E-state index is 13.4. The minimum absolute atomic E-state index is 0.0346. The Morgan fingerprint density at radius 3 is 2.31 bits per heavy atom. The fourth-order valence-electron chi connectivity index (χ4n) is 3.36. The van der Waals surface area contributed by atoms with Crippen molar-refractivity contribution < 1.29 is 32.7 Å². The first-order valence-electron chi connectivity index (χ1n) is 11.3. The number of nitrogens with zero attached hydrogens (tertiary/aromatic N) is 2. The van der Waals surface area contributed by atoms with Crippen LogP contribution >= 0.6 is 11.3 Å². The standard InChI is InChI=1S/C24H32F3N3O4S/c1-8-9-14(4)30-18(21(32)33)19(13(2)3)35-22(30)28-20(31)16-12-15(24(25,26)27)10-11-17(16)34-29-23(5,6)7/h10-14,29H,8-9H2,1-7H3,(H,32,33). The molecule has 2 N–H and O–H groups in total. The lowest BCUT2D eigenvalue weighted by molar-refractivity contribution is -0.137. The van der Waals surface area contributed by atoms with Crippen molar-refractivity contribution in [2.45, 2.75) is 85.0 Å². The lowest BCUT2D eigenvalue weighted by Crippen LogP contribution is -2.38. The molecular formula is C24H32F3N3O4S. The third kappa shape index (κ3) is 7.17. The number of hydroxylamine groups is 1. The van der Waals surface area contributed by atoms with E-state index in [0.29, 0.717) is 17.4 Å². The van der Waals surface area contributed by atoms with Crippen LogP contribution in [-0.2, 0) is 6.18 Å². The summed E-state index contributed by atoms with van der Waals surface area (Å²) in [7, 11) is 0. The molecule has 1 aromatic heterocycles. The van der Waals surface area contributed by atoms with Crippen molar-refractivity contribution in [3.05, 3.63) is 44.7 Å². The summed E-state index contributed by atoms with van der Waals surface area (Å²) in [5.41, 5.74) is 0.770. The minimum Gasteiger partial charge on any atom is -0.477 e. The lowest BCUT2D eigenvalue weighted by Gasteiger charge is -2.21. The molecule has 2 rings (SSSR count). The molecule has 11 heteroatoms. The Kier molecular flexibility index (Phi) is 8.94. The van der Waals surface area contributed by atoms with E-state index in [1.54, 1.807) is 20.8 Å². The van der Waals surface area contributed by atoms with Gasteiger partial charge in [-0.15, -0.1) is 11.3 Å². The minimum atomic E-state index is -4.68. The highest BCUT2D eigenvalue weighted by atomic mass is 32.1. The number of carboxylic acid groups (broad SMARTS) is 1. The van der Waals surface area contributed by atoms with Crippen LogP contribution in [0.25, 0.3) is 0 Å². The van der Waals surface area contributed by atoms with E-state index in [4.69, 9.17) is 4.84 Å². The van der Waals surface area contributed by atoms with E-state index in [1.807, 2.05) is 27.7 Å². The summed E-state index contributed by atoms with van der Waals surface area (Å²) >= 11 is 1.05. The number of amides is 1. The number of benzene rings is 1. The molecule has 7 nitrogen and oxygen atoms in total. The van der Waals surface area contributed by atoms with Gasteiger partial charge in [0.05, 0.1) is 11.1 Å². The van der Waals surface area contributed by atoms with E-state index >= 15 is 0 Å². The fraction of sp³-hybridized carbons (Fsp3) is 0.542. The summed E-state index contributed by atoms with van der Waals surface area (Å²) in [5, 5.41) is 9.90. The number of nitrogens with one attached hydrogen (secondary N) is 1. The maximum Gasteiger partial charge on any atom is 0.416 e. The molecule has 0 bridgehead atoms. The van der Waals surface area contributed by atoms with Crippen molar-refractivity contribution >= 4 is 23.2 Å². The van der Waals surface area contributed by atoms with E-state index in [-0.39, 0.29) is 33.8 Å². The zero-order valence-electron chi connectivity index (χ0n) is 20.9. The van der Waals surface area contributed by atoms with Gasteiger partial charge in [0.15, 0.2) is 10.6 Å². The first kappa shape index (κ1) is 28.6. The van der Waals surface area contributed by atoms with Crippen LogP contribution in [-0.4, -0.2) is 27.1 Å². The second-order valence-electron chi connectivity index (χ2n) is 9.64. The van der Waals surface area contributed by atoms with Crippen LogP contribution in [0.15, 0.2) is 23.2 Å². The van der Waals surface area contributed by atoms with Gasteiger partial charge in [-0.3, -0.25) is 4.79 Å². The monoisotopic (exact) mass is 515 g/mol. The molecule has 0 fully saturated rings. The quantitative estimate of drug-likeness (QED) is 0.410. The number of aromatic carboxylic acids is 1. The van der Waals surface area contributed by atoms with Crippen molar-refractivity contribution in [3.63, 3.8) is 0 Å². The molecule has 0 spiro atoms. The number of hydrogen-bond donors (Lipinski definition) is 2. The Labute approximate surface area is 206 Å². The molecule has 1 unspecified atom stereocenters. The molecule has 2 aromatic rings. The average molecular weight is 516 g/mol. The van der Waals surface area contributed by atoms with Gasteiger partial charge in [0.1, 0.15) is 5.69 Å². The smallest absolute Gasteiger partial charge is 0.416 e. The molecule has 0 saturated carbocycles. The van der Waals surface area contributed by atoms with Crippen LogP contribution in [0.3, 0.4) is 0 Å². The summed E-state index contributed by atoms with van der Waals surface area (Å²) in [6.07, 6.45) is -3.29. The maximum atomic E-state index is 13.4. The normalized spacial score (nSPS) is 13.9. The third-order valence-corrected chi connectivity index (χ3v) is 6.31. The van der Waals surface area contributed by atoms with Gasteiger partial charge in [0.2, 0.25) is 0 Å². The van der Waals surface area contributed by atoms with E-state index in [9.17, 15) is 27.9 Å². The van der Waals surface area contributed by atoms with Crippen molar-refractivity contribution in [3.8, 4) is 5.75 Å². The number of alkyl halides is 3. The number of carbonyl (C=O) groups is 2. The van der Waals surface area contributed by atoms with E-state index in [2.05, 4.69) is 10.5 Å². The third-order valence-electron chi connectivity index (χ3n) is 4.96. The highest BCUT2D eigenvalue weighted by Crippen LogP contribution is 2.33. The Bertz CT molecular complexity index is 1140. The number of halogens is 3. The number of carbonyl (C=O) groups excluding carboxylic acids is 1. The van der Waals surface area contributed by atoms with Gasteiger partial charge in [-0.1, -0.05) is 27.2 Å². The molecule has 1 heterocycles. The van der Waals surface area contributed by atoms with Crippen LogP contribution in [0.4, 0.5) is 13.2 Å². The largest absolute Gasteiger partial charge is 0.477 e. The molecule has 1 atom stereocenters. The van der Waals surface area contributed by atoms with Crippen molar-refractivity contribution in [1.29, 1.82) is 0 Å². The van der Waals surface area contributed by atoms with Gasteiger partial charge < -0.3 is 14.5 Å². The van der Waals surface area contributed by atoms with Gasteiger partial charge in [-0.05, 0) is 58.2 Å². The highest BCUT2D eigenvalue weighted by molar-refractivity contribution is 7.09. The van der Waals surface area contributed by atoms with Crippen LogP contribution in [0.1, 0.15) is 105 Å². The Hall–Kier alpha value is -2.66. The molecule has 0 saturated heterocycles. The summed E-state index contributed by atoms with van der Waals surface area (Å²) in [4.78, 5) is 35.6. The molecular weight excluding hydrogens is 483 g/mol. The lowest BCUT2D eigenvalue weighted by atomic mass is 10.1. The van der Waals surface area contributed by atoms with Gasteiger partial charge in [0.25, 0.3) is 5.91 Å². The Morgan fingerprint density at radius 2 is 1.83 bits per heavy atom. The number of carboxylic acids is 1. The second kappa shape index (κ2) is 10.9. The Morgan fingerprint density at radius 1 is 1.20 bits per heavy atom. The summed E-state index contributed by atoms with van der Waals surface area (Å²) in [6, 6.07) is 2.29.